The number of ether oxygens (including phenoxy) is 3. The molecule has 0 aromatic heterocycles. The second kappa shape index (κ2) is 11.3. The lowest BCUT2D eigenvalue weighted by molar-refractivity contribution is -0.168. The minimum atomic E-state index is -1.15. The highest BCUT2D eigenvalue weighted by Gasteiger charge is 2.29. The highest BCUT2D eigenvalue weighted by atomic mass is 16.6. The van der Waals surface area contributed by atoms with Gasteiger partial charge < -0.3 is 24.6 Å². The van der Waals surface area contributed by atoms with Gasteiger partial charge in [-0.15, -0.1) is 0 Å². The molecule has 28 heavy (non-hydrogen) atoms. The van der Waals surface area contributed by atoms with Crippen LogP contribution in [-0.4, -0.2) is 54.1 Å². The first-order chi connectivity index (χ1) is 13.1. The minimum absolute atomic E-state index is 0.0286. The van der Waals surface area contributed by atoms with Gasteiger partial charge >= 0.3 is 18.0 Å². The number of hydrogen-bond donors (Lipinski definition) is 2. The molecule has 0 aliphatic carbocycles. The quantitative estimate of drug-likeness (QED) is 0.374. The molecule has 0 aliphatic rings. The molecule has 0 saturated carbocycles. The first kappa shape index (κ1) is 23.4. The van der Waals surface area contributed by atoms with E-state index in [2.05, 4.69) is 5.32 Å². The van der Waals surface area contributed by atoms with E-state index in [4.69, 9.17) is 19.3 Å². The summed E-state index contributed by atoms with van der Waals surface area (Å²) in [7, 11) is 0. The topological polar surface area (TPSA) is 111 Å². The molecule has 0 fully saturated rings. The van der Waals surface area contributed by atoms with E-state index in [-0.39, 0.29) is 19.6 Å². The van der Waals surface area contributed by atoms with Crippen molar-refractivity contribution >= 4 is 18.0 Å². The van der Waals surface area contributed by atoms with Gasteiger partial charge in [0.25, 0.3) is 0 Å². The Labute approximate surface area is 165 Å². The van der Waals surface area contributed by atoms with Crippen LogP contribution in [0.5, 0.6) is 0 Å². The monoisotopic (exact) mass is 395 g/mol. The molecule has 0 aliphatic heterocycles. The molecule has 2 unspecified atom stereocenters. The predicted octanol–water partition coefficient (Wildman–Crippen LogP) is 1.98. The second-order valence-electron chi connectivity index (χ2n) is 7.21. The van der Waals surface area contributed by atoms with Gasteiger partial charge in [-0.05, 0) is 33.3 Å². The number of alkyl carbamates (subject to hydrolysis) is 1. The Morgan fingerprint density at radius 3 is 2.32 bits per heavy atom. The van der Waals surface area contributed by atoms with Crippen molar-refractivity contribution in [2.24, 2.45) is 0 Å². The first-order valence-electron chi connectivity index (χ1n) is 9.14. The van der Waals surface area contributed by atoms with Crippen LogP contribution in [0, 0.1) is 0 Å². The summed E-state index contributed by atoms with van der Waals surface area (Å²) in [4.78, 5) is 36.5. The third-order valence-corrected chi connectivity index (χ3v) is 3.43. The van der Waals surface area contributed by atoms with E-state index in [1.165, 1.54) is 6.92 Å². The number of carbonyl (C=O) groups excluding carboxylic acids is 3. The van der Waals surface area contributed by atoms with Gasteiger partial charge in [-0.2, -0.15) is 0 Å². The number of hydrogen-bond acceptors (Lipinski definition) is 7. The summed E-state index contributed by atoms with van der Waals surface area (Å²) >= 11 is 0. The Balaban J connectivity index is 2.77. The van der Waals surface area contributed by atoms with Gasteiger partial charge in [0.2, 0.25) is 0 Å². The molecule has 0 bridgehead atoms. The van der Waals surface area contributed by atoms with Crippen LogP contribution in [-0.2, 0) is 30.2 Å². The van der Waals surface area contributed by atoms with Crippen molar-refractivity contribution in [2.45, 2.75) is 58.3 Å². The molecule has 0 radical (unpaired) electrons. The van der Waals surface area contributed by atoms with Gasteiger partial charge in [-0.25, -0.2) is 14.4 Å². The summed E-state index contributed by atoms with van der Waals surface area (Å²) in [6.45, 7) is 6.43. The van der Waals surface area contributed by atoms with Crippen molar-refractivity contribution in [3.63, 3.8) is 0 Å². The van der Waals surface area contributed by atoms with E-state index in [1.807, 2.05) is 30.3 Å². The number of esters is 2. The molecule has 1 aromatic rings. The van der Waals surface area contributed by atoms with Crippen LogP contribution < -0.4 is 5.32 Å². The summed E-state index contributed by atoms with van der Waals surface area (Å²) in [5.74, 6) is -1.50. The Morgan fingerprint density at radius 2 is 1.75 bits per heavy atom. The van der Waals surface area contributed by atoms with Crippen molar-refractivity contribution < 1.29 is 33.7 Å². The van der Waals surface area contributed by atoms with Gasteiger partial charge in [0, 0.05) is 19.4 Å². The molecule has 0 saturated heterocycles. The van der Waals surface area contributed by atoms with Crippen LogP contribution in [0.1, 0.15) is 39.7 Å². The third kappa shape index (κ3) is 9.36. The van der Waals surface area contributed by atoms with E-state index in [0.29, 0.717) is 6.42 Å². The fourth-order valence-electron chi connectivity index (χ4n) is 2.15. The first-order valence-corrected chi connectivity index (χ1v) is 9.14. The Kier molecular flexibility index (Phi) is 9.44. The molecule has 1 amide bonds. The average molecular weight is 395 g/mol. The SMILES string of the molecule is CC(OC(=O)C(Cc1ccccc1)NC(=O)OC(C)(C)C)C(=O)OCCCO. The average Bonchev–Trinajstić information content (AvgIpc) is 2.60. The Morgan fingerprint density at radius 1 is 1.11 bits per heavy atom. The highest BCUT2D eigenvalue weighted by molar-refractivity contribution is 5.84. The van der Waals surface area contributed by atoms with Crippen LogP contribution in [0.15, 0.2) is 30.3 Å². The molecular formula is C20H29NO7. The summed E-state index contributed by atoms with van der Waals surface area (Å²) in [6.07, 6.45) is -1.44. The normalized spacial score (nSPS) is 13.2. The molecular weight excluding hydrogens is 366 g/mol. The van der Waals surface area contributed by atoms with E-state index in [1.54, 1.807) is 20.8 Å². The number of rotatable bonds is 9. The van der Waals surface area contributed by atoms with Crippen molar-refractivity contribution in [2.75, 3.05) is 13.2 Å². The Bertz CT molecular complexity index is 640. The number of benzene rings is 1. The fraction of sp³-hybridized carbons (Fsp3) is 0.550. The van der Waals surface area contributed by atoms with Crippen LogP contribution in [0.3, 0.4) is 0 Å². The molecule has 2 N–H and O–H groups in total. The van der Waals surface area contributed by atoms with Gasteiger partial charge in [0.15, 0.2) is 6.10 Å². The lowest BCUT2D eigenvalue weighted by atomic mass is 10.1. The molecule has 0 heterocycles. The second-order valence-corrected chi connectivity index (χ2v) is 7.21. The molecule has 1 aromatic carbocycles. The van der Waals surface area contributed by atoms with Gasteiger partial charge in [-0.1, -0.05) is 30.3 Å². The summed E-state index contributed by atoms with van der Waals surface area (Å²) in [5.41, 5.74) is 0.0772. The van der Waals surface area contributed by atoms with Gasteiger partial charge in [0.1, 0.15) is 11.6 Å². The summed E-state index contributed by atoms with van der Waals surface area (Å²) in [6, 6.07) is 8.04. The van der Waals surface area contributed by atoms with Crippen LogP contribution in [0.25, 0.3) is 0 Å². The van der Waals surface area contributed by atoms with Gasteiger partial charge in [0.05, 0.1) is 6.61 Å². The van der Waals surface area contributed by atoms with Crippen molar-refractivity contribution in [1.82, 2.24) is 5.32 Å². The lowest BCUT2D eigenvalue weighted by Crippen LogP contribution is -2.46. The molecule has 2 atom stereocenters. The predicted molar refractivity (Wildman–Crippen MR) is 102 cm³/mol. The zero-order chi connectivity index (χ0) is 21.2. The van der Waals surface area contributed by atoms with Crippen LogP contribution in [0.2, 0.25) is 0 Å². The lowest BCUT2D eigenvalue weighted by Gasteiger charge is -2.23. The molecule has 0 spiro atoms. The minimum Gasteiger partial charge on any atom is -0.463 e. The van der Waals surface area contributed by atoms with Crippen molar-refractivity contribution in [3.05, 3.63) is 35.9 Å². The fourth-order valence-corrected chi connectivity index (χ4v) is 2.15. The highest BCUT2D eigenvalue weighted by Crippen LogP contribution is 2.10. The third-order valence-electron chi connectivity index (χ3n) is 3.43. The van der Waals surface area contributed by atoms with Crippen molar-refractivity contribution in [1.29, 1.82) is 0 Å². The maximum atomic E-state index is 12.6. The molecule has 8 heteroatoms. The summed E-state index contributed by atoms with van der Waals surface area (Å²) < 4.78 is 15.3. The zero-order valence-electron chi connectivity index (χ0n) is 16.8. The maximum absolute atomic E-state index is 12.6. The van der Waals surface area contributed by atoms with E-state index in [9.17, 15) is 14.4 Å². The van der Waals surface area contributed by atoms with E-state index >= 15 is 0 Å². The molecule has 156 valence electrons. The van der Waals surface area contributed by atoms with Crippen LogP contribution in [0.4, 0.5) is 4.79 Å². The summed E-state index contributed by atoms with van der Waals surface area (Å²) in [5, 5.41) is 11.2. The largest absolute Gasteiger partial charge is 0.463 e. The van der Waals surface area contributed by atoms with Gasteiger partial charge in [-0.3, -0.25) is 0 Å². The van der Waals surface area contributed by atoms with E-state index < -0.39 is 35.8 Å². The van der Waals surface area contributed by atoms with Crippen LogP contribution >= 0.6 is 0 Å². The number of aliphatic hydroxyl groups is 1. The number of amides is 1. The Hall–Kier alpha value is -2.61. The van der Waals surface area contributed by atoms with E-state index in [0.717, 1.165) is 5.56 Å². The standard InChI is InChI=1S/C20H29NO7/c1-14(17(23)26-12-8-11-22)27-18(24)16(13-15-9-6-5-7-10-15)21-19(25)28-20(2,3)4/h5-7,9-10,14,16,22H,8,11-13H2,1-4H3,(H,21,25). The number of aliphatic hydroxyl groups excluding tert-OH is 1. The maximum Gasteiger partial charge on any atom is 0.408 e. The molecule has 8 nitrogen and oxygen atoms in total. The molecule has 1 rings (SSSR count). The number of carbonyl (C=O) groups is 3. The zero-order valence-corrected chi connectivity index (χ0v) is 16.8. The smallest absolute Gasteiger partial charge is 0.408 e. The number of nitrogens with one attached hydrogen (secondary N) is 1. The van der Waals surface area contributed by atoms with Crippen molar-refractivity contribution in [3.8, 4) is 0 Å².